The van der Waals surface area contributed by atoms with Crippen LogP contribution in [0.25, 0.3) is 10.8 Å². The fourth-order valence-corrected chi connectivity index (χ4v) is 2.20. The maximum absolute atomic E-state index is 11.8. The molecule has 0 aliphatic heterocycles. The molecule has 0 saturated carbocycles. The van der Waals surface area contributed by atoms with Gasteiger partial charge in [0.25, 0.3) is 5.91 Å². The van der Waals surface area contributed by atoms with E-state index in [1.165, 1.54) is 0 Å². The van der Waals surface area contributed by atoms with Gasteiger partial charge in [-0.3, -0.25) is 9.59 Å². The number of nitrogens with zero attached hydrogens (tertiary/aromatic N) is 1. The van der Waals surface area contributed by atoms with Crippen molar-refractivity contribution in [2.24, 2.45) is 0 Å². The molecule has 0 unspecified atom stereocenters. The van der Waals surface area contributed by atoms with Gasteiger partial charge in [0.15, 0.2) is 11.4 Å². The molecule has 1 aromatic carbocycles. The average Bonchev–Trinajstić information content (AvgIpc) is 2.39. The molecule has 1 amide bonds. The molecule has 3 N–H and O–H groups in total. The van der Waals surface area contributed by atoms with Crippen LogP contribution in [-0.4, -0.2) is 33.6 Å². The predicted molar refractivity (Wildman–Crippen MR) is 73.1 cm³/mol. The minimum Gasteiger partial charge on any atom is -0.505 e. The van der Waals surface area contributed by atoms with Crippen LogP contribution in [0.1, 0.15) is 16.2 Å². The molecule has 0 radical (unpaired) electrons. The SMILES string of the molecule is Cc1nc(C(=O)NCC(=O)O)c(O)c2cccc(Cl)c12. The zero-order chi connectivity index (χ0) is 14.9. The van der Waals surface area contributed by atoms with E-state index < -0.39 is 18.4 Å². The van der Waals surface area contributed by atoms with Gasteiger partial charge >= 0.3 is 5.97 Å². The first-order chi connectivity index (χ1) is 9.41. The van der Waals surface area contributed by atoms with Gasteiger partial charge in [0.1, 0.15) is 6.54 Å². The van der Waals surface area contributed by atoms with E-state index in [0.29, 0.717) is 21.5 Å². The third-order valence-electron chi connectivity index (χ3n) is 2.75. The quantitative estimate of drug-likeness (QED) is 0.800. The smallest absolute Gasteiger partial charge is 0.322 e. The summed E-state index contributed by atoms with van der Waals surface area (Å²) in [5.74, 6) is -2.26. The Morgan fingerprint density at radius 1 is 1.40 bits per heavy atom. The Morgan fingerprint density at radius 3 is 2.75 bits per heavy atom. The lowest BCUT2D eigenvalue weighted by Gasteiger charge is -2.10. The number of pyridine rings is 1. The summed E-state index contributed by atoms with van der Waals surface area (Å²) < 4.78 is 0. The monoisotopic (exact) mass is 294 g/mol. The number of rotatable bonds is 3. The second-order valence-electron chi connectivity index (χ2n) is 4.13. The average molecular weight is 295 g/mol. The van der Waals surface area contributed by atoms with Gasteiger partial charge in [0, 0.05) is 16.5 Å². The molecular weight excluding hydrogens is 284 g/mol. The first-order valence-corrected chi connectivity index (χ1v) is 6.07. The third-order valence-corrected chi connectivity index (χ3v) is 3.06. The number of carbonyl (C=O) groups excluding carboxylic acids is 1. The van der Waals surface area contributed by atoms with Crippen molar-refractivity contribution >= 4 is 34.2 Å². The molecule has 1 heterocycles. The number of nitrogens with one attached hydrogen (secondary N) is 1. The normalized spacial score (nSPS) is 10.5. The zero-order valence-corrected chi connectivity index (χ0v) is 11.2. The second-order valence-corrected chi connectivity index (χ2v) is 4.54. The minimum absolute atomic E-state index is 0.224. The third kappa shape index (κ3) is 2.50. The summed E-state index contributed by atoms with van der Waals surface area (Å²) in [6.45, 7) is 1.11. The molecule has 0 fully saturated rings. The van der Waals surface area contributed by atoms with E-state index in [1.54, 1.807) is 25.1 Å². The van der Waals surface area contributed by atoms with Crippen LogP contribution in [0.5, 0.6) is 5.75 Å². The van der Waals surface area contributed by atoms with Crippen LogP contribution in [0.2, 0.25) is 5.02 Å². The molecule has 6 nitrogen and oxygen atoms in total. The molecule has 2 aromatic rings. The summed E-state index contributed by atoms with van der Waals surface area (Å²) in [7, 11) is 0. The van der Waals surface area contributed by atoms with Gasteiger partial charge in [-0.1, -0.05) is 23.7 Å². The van der Waals surface area contributed by atoms with Gasteiger partial charge in [-0.25, -0.2) is 4.98 Å². The molecule has 20 heavy (non-hydrogen) atoms. The number of aromatic hydroxyl groups is 1. The molecule has 1 aromatic heterocycles. The number of fused-ring (bicyclic) bond motifs is 1. The highest BCUT2D eigenvalue weighted by Gasteiger charge is 2.19. The first kappa shape index (κ1) is 14.1. The number of aliphatic carboxylic acids is 1. The van der Waals surface area contributed by atoms with Crippen LogP contribution in [0.15, 0.2) is 18.2 Å². The summed E-state index contributed by atoms with van der Waals surface area (Å²) >= 11 is 6.04. The van der Waals surface area contributed by atoms with E-state index in [2.05, 4.69) is 10.3 Å². The van der Waals surface area contributed by atoms with E-state index in [0.717, 1.165) is 0 Å². The predicted octanol–water partition coefficient (Wildman–Crippen LogP) is 1.72. The van der Waals surface area contributed by atoms with Crippen LogP contribution >= 0.6 is 11.6 Å². The molecule has 2 rings (SSSR count). The molecule has 0 aliphatic carbocycles. The van der Waals surface area contributed by atoms with Crippen molar-refractivity contribution in [2.75, 3.05) is 6.54 Å². The molecule has 0 atom stereocenters. The number of carboxylic acid groups (broad SMARTS) is 1. The van der Waals surface area contributed by atoms with Gasteiger partial charge < -0.3 is 15.5 Å². The lowest BCUT2D eigenvalue weighted by Crippen LogP contribution is -2.30. The molecule has 7 heteroatoms. The summed E-state index contributed by atoms with van der Waals surface area (Å²) in [6.07, 6.45) is 0. The number of benzene rings is 1. The van der Waals surface area contributed by atoms with Gasteiger partial charge in [0.2, 0.25) is 0 Å². The highest BCUT2D eigenvalue weighted by Crippen LogP contribution is 2.33. The van der Waals surface area contributed by atoms with E-state index in [9.17, 15) is 14.7 Å². The Hall–Kier alpha value is -2.34. The summed E-state index contributed by atoms with van der Waals surface area (Å²) in [6, 6.07) is 4.91. The molecule has 0 bridgehead atoms. The van der Waals surface area contributed by atoms with E-state index in [-0.39, 0.29) is 11.4 Å². The molecule has 0 saturated heterocycles. The summed E-state index contributed by atoms with van der Waals surface area (Å²) in [5.41, 5.74) is 0.252. The Bertz CT molecular complexity index is 715. The van der Waals surface area contributed by atoms with Crippen LogP contribution < -0.4 is 5.32 Å². The molecule has 104 valence electrons. The number of aryl methyl sites for hydroxylation is 1. The topological polar surface area (TPSA) is 99.5 Å². The van der Waals surface area contributed by atoms with Crippen LogP contribution in [0.4, 0.5) is 0 Å². The fourth-order valence-electron chi connectivity index (χ4n) is 1.89. The lowest BCUT2D eigenvalue weighted by atomic mass is 10.1. The van der Waals surface area contributed by atoms with Crippen molar-refractivity contribution in [1.82, 2.24) is 10.3 Å². The number of hydrogen-bond acceptors (Lipinski definition) is 4. The molecule has 0 spiro atoms. The summed E-state index contributed by atoms with van der Waals surface area (Å²) in [5, 5.41) is 22.2. The number of hydrogen-bond donors (Lipinski definition) is 3. The Balaban J connectivity index is 2.54. The van der Waals surface area contributed by atoms with Gasteiger partial charge in [0.05, 0.1) is 5.02 Å². The van der Waals surface area contributed by atoms with E-state index in [4.69, 9.17) is 16.7 Å². The van der Waals surface area contributed by atoms with Gasteiger partial charge in [-0.15, -0.1) is 0 Å². The van der Waals surface area contributed by atoms with Gasteiger partial charge in [-0.05, 0) is 13.0 Å². The highest BCUT2D eigenvalue weighted by atomic mass is 35.5. The number of carboxylic acids is 1. The van der Waals surface area contributed by atoms with Crippen molar-refractivity contribution < 1.29 is 19.8 Å². The Kier molecular flexibility index (Phi) is 3.76. The van der Waals surface area contributed by atoms with Crippen LogP contribution in [0, 0.1) is 6.92 Å². The highest BCUT2D eigenvalue weighted by molar-refractivity contribution is 6.36. The van der Waals surface area contributed by atoms with Crippen molar-refractivity contribution in [2.45, 2.75) is 6.92 Å². The Labute approximate surface area is 119 Å². The van der Waals surface area contributed by atoms with E-state index in [1.807, 2.05) is 0 Å². The first-order valence-electron chi connectivity index (χ1n) is 5.69. The summed E-state index contributed by atoms with van der Waals surface area (Å²) in [4.78, 5) is 26.2. The number of aromatic nitrogens is 1. The largest absolute Gasteiger partial charge is 0.505 e. The van der Waals surface area contributed by atoms with E-state index >= 15 is 0 Å². The number of amides is 1. The van der Waals surface area contributed by atoms with Crippen molar-refractivity contribution in [3.63, 3.8) is 0 Å². The zero-order valence-electron chi connectivity index (χ0n) is 10.5. The second kappa shape index (κ2) is 5.34. The van der Waals surface area contributed by atoms with Crippen LogP contribution in [-0.2, 0) is 4.79 Å². The van der Waals surface area contributed by atoms with Gasteiger partial charge in [-0.2, -0.15) is 0 Å². The van der Waals surface area contributed by atoms with Crippen molar-refractivity contribution in [3.8, 4) is 5.75 Å². The van der Waals surface area contributed by atoms with Crippen molar-refractivity contribution in [3.05, 3.63) is 34.6 Å². The Morgan fingerprint density at radius 2 is 2.10 bits per heavy atom. The molecular formula is C13H11ClN2O4. The maximum atomic E-state index is 11.8. The lowest BCUT2D eigenvalue weighted by molar-refractivity contribution is -0.135. The molecule has 0 aliphatic rings. The standard InChI is InChI=1S/C13H11ClN2O4/c1-6-10-7(3-2-4-8(10)14)12(19)11(16-6)13(20)15-5-9(17)18/h2-4,19H,5H2,1H3,(H,15,20)(H,17,18). The maximum Gasteiger partial charge on any atom is 0.322 e. The van der Waals surface area contributed by atoms with Crippen LogP contribution in [0.3, 0.4) is 0 Å². The fraction of sp³-hybridized carbons (Fsp3) is 0.154. The number of carbonyl (C=O) groups is 2. The number of halogens is 1. The minimum atomic E-state index is -1.18. The van der Waals surface area contributed by atoms with Crippen molar-refractivity contribution in [1.29, 1.82) is 0 Å².